The van der Waals surface area contributed by atoms with Gasteiger partial charge in [0.15, 0.2) is 5.78 Å². The summed E-state index contributed by atoms with van der Waals surface area (Å²) in [6.07, 6.45) is 11.8. The summed E-state index contributed by atoms with van der Waals surface area (Å²) in [5.41, 5.74) is 19.4. The molecule has 7 N–H and O–H groups in total. The number of ether oxygens (including phenoxy) is 3. The molecule has 8 aromatic carbocycles. The molecule has 13 rings (SSSR count). The van der Waals surface area contributed by atoms with Crippen LogP contribution in [0.15, 0.2) is 199 Å². The maximum absolute atomic E-state index is 14.0. The van der Waals surface area contributed by atoms with Gasteiger partial charge in [-0.05, 0) is 267 Å². The molecule has 2 heterocycles. The van der Waals surface area contributed by atoms with Gasteiger partial charge in [0, 0.05) is 30.9 Å². The molecule has 25 heteroatoms. The molecule has 13 atom stereocenters. The highest BCUT2D eigenvalue weighted by molar-refractivity contribution is 6.46. The van der Waals surface area contributed by atoms with Crippen molar-refractivity contribution in [3.8, 4) is 0 Å². The monoisotopic (exact) mass is 1750 g/mol. The quantitative estimate of drug-likeness (QED) is 0.0239. The number of aliphatic carboxylic acids is 1. The SMILES string of the molecule is CC(C(=O)O)c1ccc(F)cc1.CC[C@@H](CC(=O)C(N)c1ccc(F)cc1)c1ccc(C(=O)OC)cc1.CC[C@@H](N)c1ccc(C(=O)OC)cc1.CC[C@H](c1ccc(C(=O)O)cc1)N1C(=O)C(c2ccc(F)cc2)=NC12CC(C)CC(C)C2.CC[C@H](c1ccc(C(=O)OC)cc1)N1C(=O)C(c2ccc(F)cc2)NC12CC(C)CC(C)C2.C[C@@H]1CC(=O)C[C@H](C)C1.Cl. The number of amides is 2. The predicted octanol–water partition coefficient (Wildman–Crippen LogP) is 20.9. The number of aliphatic imine (C=N–C) groups is 1. The van der Waals surface area contributed by atoms with E-state index in [-0.39, 0.29) is 101 Å². The van der Waals surface area contributed by atoms with Gasteiger partial charge in [0.25, 0.3) is 5.91 Å². The fourth-order valence-electron chi connectivity index (χ4n) is 18.2. The first kappa shape index (κ1) is 102. The lowest BCUT2D eigenvalue weighted by atomic mass is 9.75. The van der Waals surface area contributed by atoms with Crippen molar-refractivity contribution in [3.05, 3.63) is 284 Å². The number of carboxylic acids is 2. The molecule has 3 saturated carbocycles. The van der Waals surface area contributed by atoms with Crippen LogP contribution in [0.3, 0.4) is 0 Å². The Labute approximate surface area is 744 Å². The molecule has 2 aliphatic heterocycles. The van der Waals surface area contributed by atoms with Crippen LogP contribution in [0.5, 0.6) is 0 Å². The van der Waals surface area contributed by atoms with Gasteiger partial charge in [0.2, 0.25) is 5.91 Å². The third-order valence-corrected chi connectivity index (χ3v) is 24.1. The largest absolute Gasteiger partial charge is 0.481 e. The lowest BCUT2D eigenvalue weighted by Gasteiger charge is -2.48. The van der Waals surface area contributed by atoms with Crippen LogP contribution < -0.4 is 16.8 Å². The molecule has 2 spiro atoms. The minimum atomic E-state index is -0.977. The van der Waals surface area contributed by atoms with E-state index in [2.05, 4.69) is 68.2 Å². The zero-order valence-corrected chi connectivity index (χ0v) is 75.4. The number of Topliss-reactive ketones (excluding diaryl/α,β-unsaturated/α-hetero) is 2. The van der Waals surface area contributed by atoms with Crippen LogP contribution in [0.4, 0.5) is 17.6 Å². The van der Waals surface area contributed by atoms with Crippen LogP contribution in [0.25, 0.3) is 0 Å². The number of halogens is 5. The molecule has 4 fully saturated rings. The van der Waals surface area contributed by atoms with E-state index in [4.69, 9.17) is 26.3 Å². The molecule has 8 aromatic rings. The normalized spacial score (nSPS) is 21.9. The van der Waals surface area contributed by atoms with Crippen LogP contribution in [0.2, 0.25) is 0 Å². The van der Waals surface area contributed by atoms with Crippen molar-refractivity contribution in [1.82, 2.24) is 15.1 Å². The number of carbonyl (C=O) groups excluding carboxylic acids is 7. The highest BCUT2D eigenvalue weighted by Gasteiger charge is 2.56. The van der Waals surface area contributed by atoms with Gasteiger partial charge < -0.3 is 45.7 Å². The van der Waals surface area contributed by atoms with Crippen LogP contribution >= 0.6 is 12.4 Å². The zero-order valence-electron chi connectivity index (χ0n) is 74.6. The zero-order chi connectivity index (χ0) is 91.7. The average Bonchev–Trinajstić information content (AvgIpc) is 1.59. The first-order valence-corrected chi connectivity index (χ1v) is 43.2. The predicted molar refractivity (Wildman–Crippen MR) is 482 cm³/mol. The number of ketones is 2. The highest BCUT2D eigenvalue weighted by atomic mass is 35.5. The Morgan fingerprint density at radius 1 is 0.468 bits per heavy atom. The van der Waals surface area contributed by atoms with E-state index in [1.54, 1.807) is 91.9 Å². The van der Waals surface area contributed by atoms with E-state index >= 15 is 0 Å². The van der Waals surface area contributed by atoms with E-state index in [1.165, 1.54) is 101 Å². The number of nitrogens with one attached hydrogen (secondary N) is 1. The number of nitrogens with zero attached hydrogens (tertiary/aromatic N) is 3. The van der Waals surface area contributed by atoms with Crippen molar-refractivity contribution in [2.24, 2.45) is 52.0 Å². The molecule has 1 saturated heterocycles. The van der Waals surface area contributed by atoms with Crippen molar-refractivity contribution in [3.63, 3.8) is 0 Å². The first-order chi connectivity index (χ1) is 59.4. The Bertz CT molecular complexity index is 4940. The number of nitrogens with two attached hydrogens (primary N) is 2. The molecule has 0 radical (unpaired) electrons. The minimum absolute atomic E-state index is 0. The smallest absolute Gasteiger partial charge is 0.337 e. The summed E-state index contributed by atoms with van der Waals surface area (Å²) >= 11 is 0. The number of carboxylic acid groups (broad SMARTS) is 2. The average molecular weight is 1760 g/mol. The van der Waals surface area contributed by atoms with E-state index in [9.17, 15) is 65.8 Å². The Hall–Kier alpha value is -11.1. The minimum Gasteiger partial charge on any atom is -0.481 e. The second-order valence-corrected chi connectivity index (χ2v) is 34.1. The van der Waals surface area contributed by atoms with Gasteiger partial charge in [-0.3, -0.25) is 34.3 Å². The maximum atomic E-state index is 14.0. The first-order valence-electron chi connectivity index (χ1n) is 43.2. The summed E-state index contributed by atoms with van der Waals surface area (Å²) in [4.78, 5) is 116. The van der Waals surface area contributed by atoms with Crippen molar-refractivity contribution >= 4 is 71.3 Å². The molecule has 3 aliphatic carbocycles. The number of esters is 3. The second kappa shape index (κ2) is 47.5. The van der Waals surface area contributed by atoms with Gasteiger partial charge >= 0.3 is 29.8 Å². The lowest BCUT2D eigenvalue weighted by molar-refractivity contribution is -0.139. The number of methoxy groups -OCH3 is 3. The summed E-state index contributed by atoms with van der Waals surface area (Å²) < 4.78 is 66.6. The summed E-state index contributed by atoms with van der Waals surface area (Å²) in [6, 6.07) is 50.0. The van der Waals surface area contributed by atoms with Crippen LogP contribution in [0, 0.1) is 58.8 Å². The van der Waals surface area contributed by atoms with Crippen LogP contribution in [-0.4, -0.2) is 112 Å². The third kappa shape index (κ3) is 27.0. The number of aromatic carboxylic acids is 1. The van der Waals surface area contributed by atoms with Gasteiger partial charge in [0.1, 0.15) is 46.5 Å². The summed E-state index contributed by atoms with van der Waals surface area (Å²) in [5, 5.41) is 21.6. The lowest BCUT2D eigenvalue weighted by Crippen LogP contribution is -2.57. The molecule has 2 amide bonds. The molecule has 0 bridgehead atoms. The van der Waals surface area contributed by atoms with Crippen LogP contribution in [-0.2, 0) is 38.2 Å². The topological polar surface area (TPSA) is 305 Å². The summed E-state index contributed by atoms with van der Waals surface area (Å²) in [7, 11) is 4.07. The Balaban J connectivity index is 0.000000218. The summed E-state index contributed by atoms with van der Waals surface area (Å²) in [6.45, 7) is 22.9. The van der Waals surface area contributed by atoms with Gasteiger partial charge in [-0.2, -0.15) is 0 Å². The molecule has 20 nitrogen and oxygen atoms in total. The Morgan fingerprint density at radius 2 is 0.833 bits per heavy atom. The number of carbonyl (C=O) groups is 9. The molecular weight excluding hydrogens is 1630 g/mol. The molecule has 126 heavy (non-hydrogen) atoms. The number of rotatable bonds is 22. The van der Waals surface area contributed by atoms with Crippen molar-refractivity contribution in [2.45, 2.75) is 219 Å². The fraction of sp³-hybridized carbons (Fsp3) is 0.426. The summed E-state index contributed by atoms with van der Waals surface area (Å²) in [5.74, 6) is -1.63. The molecule has 5 aliphatic rings. The number of hydrogen-bond acceptors (Lipinski definition) is 16. The van der Waals surface area contributed by atoms with E-state index in [1.807, 2.05) is 62.1 Å². The van der Waals surface area contributed by atoms with E-state index in [0.29, 0.717) is 86.8 Å². The second-order valence-electron chi connectivity index (χ2n) is 34.1. The highest BCUT2D eigenvalue weighted by Crippen LogP contribution is 2.51. The molecular formula is C101H123ClF4N6O14. The van der Waals surface area contributed by atoms with E-state index in [0.717, 1.165) is 98.4 Å². The van der Waals surface area contributed by atoms with Crippen molar-refractivity contribution in [2.75, 3.05) is 21.3 Å². The number of benzene rings is 8. The standard InChI is InChI=1S/C27H33FN2O3.C26H29FN2O3.C20H22FNO3.C11H15NO2.C9H9FO2.C8H14O.ClH/c1-5-23(19-6-8-21(9-7-19)26(32)33-4)30-25(31)24(20-10-12-22(28)13-11-20)29-27(30)15-17(2)14-18(3)16-27;1-4-22(18-5-7-20(8-6-18)25(31)32)29-24(30)23(19-9-11-21(27)12-10-19)28-26(29)14-16(2)13-17(3)15-26;1-3-13(14-4-6-16(7-5-14)20(24)25-2)12-18(23)19(22)15-8-10-17(21)11-9-15;1-3-10(12)8-4-6-9(7-5-8)11(13)14-2;1-6(9(11)12)7-2-4-8(10)5-3-7;1-6-3-7(2)5-8(9)4-6;/h6-13,17-18,23-24,29H,5,14-16H2,1-4H3;5-12,16-17,22H,4,13-15H2,1-3H3,(H,31,32);4-11,13,19H,3,12,22H2,1-2H3;4-7,10H,3,12H2,1-2H3;2-6H,1H3,(H,11,12);6-7H,3-5H2,1-2H3;1H/t17?,18?,23-,24?,27?;16?,17?,22-,26?;13-,19?;10-;;6-,7+;/m1101.../s1. The van der Waals surface area contributed by atoms with Gasteiger partial charge in [-0.25, -0.2) is 36.7 Å². The van der Waals surface area contributed by atoms with Crippen molar-refractivity contribution in [1.29, 1.82) is 0 Å². The fourth-order valence-corrected chi connectivity index (χ4v) is 18.2. The maximum Gasteiger partial charge on any atom is 0.337 e. The molecule has 7 unspecified atom stereocenters. The van der Waals surface area contributed by atoms with Gasteiger partial charge in [-0.15, -0.1) is 12.4 Å². The van der Waals surface area contributed by atoms with Crippen molar-refractivity contribution < 1.29 is 85.1 Å². The molecule has 0 aromatic heterocycles. The Kier molecular flexibility index (Phi) is 38.5. The number of hydrogen-bond donors (Lipinski definition) is 5. The third-order valence-electron chi connectivity index (χ3n) is 24.1. The van der Waals surface area contributed by atoms with Crippen LogP contribution in [0.1, 0.15) is 294 Å². The molecule has 676 valence electrons. The van der Waals surface area contributed by atoms with E-state index < -0.39 is 47.2 Å². The Morgan fingerprint density at radius 3 is 1.22 bits per heavy atom. The van der Waals surface area contributed by atoms with Gasteiger partial charge in [-0.1, -0.05) is 154 Å². The van der Waals surface area contributed by atoms with Gasteiger partial charge in [0.05, 0.1) is 73.3 Å².